The van der Waals surface area contributed by atoms with Gasteiger partial charge in [0, 0.05) is 13.5 Å². The summed E-state index contributed by atoms with van der Waals surface area (Å²) >= 11 is 0. The van der Waals surface area contributed by atoms with Crippen molar-refractivity contribution in [3.8, 4) is 0 Å². The Hall–Kier alpha value is -0.350. The highest BCUT2D eigenvalue weighted by Crippen LogP contribution is 2.05. The largest absolute Gasteiger partial charge is 1.00 e. The number of ether oxygens (including phenoxy) is 1. The molecule has 0 N–H and O–H groups in total. The maximum Gasteiger partial charge on any atom is 0.245 e. The predicted molar refractivity (Wildman–Crippen MR) is 46.6 cm³/mol. The lowest BCUT2D eigenvalue weighted by Gasteiger charge is -2.09. The van der Waals surface area contributed by atoms with Gasteiger partial charge in [0.2, 0.25) is 12.6 Å². The summed E-state index contributed by atoms with van der Waals surface area (Å²) in [6, 6.07) is 0. The summed E-state index contributed by atoms with van der Waals surface area (Å²) in [6.07, 6.45) is 8.47. The van der Waals surface area contributed by atoms with Crippen LogP contribution in [0.15, 0.2) is 18.7 Å². The van der Waals surface area contributed by atoms with Crippen molar-refractivity contribution in [2.24, 2.45) is 7.05 Å². The Kier molecular flexibility index (Phi) is 5.99. The SMILES string of the molecule is CCCC(OC)[n+]1ccn(C)c1.[Br-]. The van der Waals surface area contributed by atoms with Gasteiger partial charge in [0.05, 0.1) is 7.05 Å². The van der Waals surface area contributed by atoms with Gasteiger partial charge >= 0.3 is 0 Å². The van der Waals surface area contributed by atoms with E-state index in [0.29, 0.717) is 0 Å². The number of halogens is 1. The van der Waals surface area contributed by atoms with Gasteiger partial charge in [0.1, 0.15) is 12.4 Å². The van der Waals surface area contributed by atoms with Crippen LogP contribution in [0.5, 0.6) is 0 Å². The smallest absolute Gasteiger partial charge is 0.245 e. The van der Waals surface area contributed by atoms with Crippen molar-refractivity contribution in [1.29, 1.82) is 0 Å². The van der Waals surface area contributed by atoms with Crippen LogP contribution in [0.1, 0.15) is 26.0 Å². The predicted octanol–water partition coefficient (Wildman–Crippen LogP) is -1.74. The monoisotopic (exact) mass is 248 g/mol. The highest BCUT2D eigenvalue weighted by molar-refractivity contribution is 4.62. The van der Waals surface area contributed by atoms with Crippen molar-refractivity contribution in [3.05, 3.63) is 18.7 Å². The van der Waals surface area contributed by atoms with Gasteiger partial charge in [0.25, 0.3) is 0 Å². The summed E-state index contributed by atoms with van der Waals surface area (Å²) in [5.41, 5.74) is 0. The van der Waals surface area contributed by atoms with Crippen LogP contribution in [0.2, 0.25) is 0 Å². The molecule has 1 aromatic rings. The highest BCUT2D eigenvalue weighted by Gasteiger charge is 2.13. The van der Waals surface area contributed by atoms with Gasteiger partial charge in [-0.05, 0) is 6.42 Å². The average Bonchev–Trinajstić information content (AvgIpc) is 2.47. The van der Waals surface area contributed by atoms with Gasteiger partial charge in [-0.25, -0.2) is 9.13 Å². The van der Waals surface area contributed by atoms with Crippen LogP contribution in [-0.4, -0.2) is 11.7 Å². The summed E-state index contributed by atoms with van der Waals surface area (Å²) in [4.78, 5) is 0. The third-order valence-corrected chi connectivity index (χ3v) is 1.93. The summed E-state index contributed by atoms with van der Waals surface area (Å²) < 4.78 is 9.44. The van der Waals surface area contributed by atoms with Crippen LogP contribution < -0.4 is 21.5 Å². The second-order valence-electron chi connectivity index (χ2n) is 3.01. The summed E-state index contributed by atoms with van der Waals surface area (Å²) in [6.45, 7) is 2.16. The van der Waals surface area contributed by atoms with E-state index in [1.807, 2.05) is 30.3 Å². The second-order valence-corrected chi connectivity index (χ2v) is 3.01. The van der Waals surface area contributed by atoms with Crippen LogP contribution in [-0.2, 0) is 11.8 Å². The molecule has 0 fully saturated rings. The molecule has 0 saturated heterocycles. The Balaban J connectivity index is 0.00000144. The first-order valence-corrected chi connectivity index (χ1v) is 4.33. The molecule has 3 nitrogen and oxygen atoms in total. The molecule has 0 saturated carbocycles. The third kappa shape index (κ3) is 3.48. The fourth-order valence-electron chi connectivity index (χ4n) is 1.28. The summed E-state index contributed by atoms with van der Waals surface area (Å²) in [5, 5.41) is 0. The molecule has 0 bridgehead atoms. The molecule has 0 spiro atoms. The number of hydrogen-bond acceptors (Lipinski definition) is 1. The number of imidazole rings is 1. The molecular weight excluding hydrogens is 232 g/mol. The lowest BCUT2D eigenvalue weighted by molar-refractivity contribution is -0.761. The van der Waals surface area contributed by atoms with E-state index >= 15 is 0 Å². The molecule has 4 heteroatoms. The van der Waals surface area contributed by atoms with E-state index in [0.717, 1.165) is 12.8 Å². The average molecular weight is 249 g/mol. The molecule has 76 valence electrons. The van der Waals surface area contributed by atoms with Crippen LogP contribution in [0.4, 0.5) is 0 Å². The van der Waals surface area contributed by atoms with Crippen molar-refractivity contribution in [2.75, 3.05) is 7.11 Å². The molecule has 0 aliphatic rings. The van der Waals surface area contributed by atoms with Crippen molar-refractivity contribution in [2.45, 2.75) is 26.0 Å². The third-order valence-electron chi connectivity index (χ3n) is 1.93. The summed E-state index contributed by atoms with van der Waals surface area (Å²) in [7, 11) is 3.76. The fourth-order valence-corrected chi connectivity index (χ4v) is 1.28. The fraction of sp³-hybridized carbons (Fsp3) is 0.667. The Labute approximate surface area is 90.1 Å². The van der Waals surface area contributed by atoms with E-state index in [1.165, 1.54) is 0 Å². The highest BCUT2D eigenvalue weighted by atomic mass is 79.9. The van der Waals surface area contributed by atoms with Crippen molar-refractivity contribution in [3.63, 3.8) is 0 Å². The van der Waals surface area contributed by atoms with Crippen molar-refractivity contribution >= 4 is 0 Å². The number of hydrogen-bond donors (Lipinski definition) is 0. The summed E-state index contributed by atoms with van der Waals surface area (Å²) in [5.74, 6) is 0. The molecule has 0 aromatic carbocycles. The molecule has 1 unspecified atom stereocenters. The zero-order valence-corrected chi connectivity index (χ0v) is 9.99. The molecule has 13 heavy (non-hydrogen) atoms. The minimum atomic E-state index is 0. The first-order chi connectivity index (χ1) is 5.77. The first kappa shape index (κ1) is 12.7. The topological polar surface area (TPSA) is 18.0 Å². The van der Waals surface area contributed by atoms with E-state index in [-0.39, 0.29) is 23.2 Å². The normalized spacial score (nSPS) is 12.2. The van der Waals surface area contributed by atoms with Crippen LogP contribution in [0.25, 0.3) is 0 Å². The van der Waals surface area contributed by atoms with Crippen molar-refractivity contribution < 1.29 is 26.3 Å². The number of aromatic nitrogens is 2. The Morgan fingerprint density at radius 2 is 2.23 bits per heavy atom. The maximum atomic E-state index is 5.34. The second kappa shape index (κ2) is 6.16. The van der Waals surface area contributed by atoms with Gasteiger partial charge in [-0.1, -0.05) is 6.92 Å². The van der Waals surface area contributed by atoms with E-state index in [9.17, 15) is 0 Å². The quantitative estimate of drug-likeness (QED) is 0.579. The molecule has 1 aromatic heterocycles. The van der Waals surface area contributed by atoms with Gasteiger partial charge in [-0.2, -0.15) is 0 Å². The zero-order chi connectivity index (χ0) is 8.97. The minimum absolute atomic E-state index is 0. The molecule has 1 atom stereocenters. The molecule has 0 aliphatic carbocycles. The van der Waals surface area contributed by atoms with E-state index in [4.69, 9.17) is 4.74 Å². The molecule has 0 aliphatic heterocycles. The standard InChI is InChI=1S/C9H17N2O.BrH/c1-4-5-9(12-3)11-7-6-10(2)8-11;/h6-9H,4-5H2,1-3H3;1H/q+1;/p-1. The van der Waals surface area contributed by atoms with Crippen LogP contribution in [0.3, 0.4) is 0 Å². The molecule has 0 radical (unpaired) electrons. The van der Waals surface area contributed by atoms with Gasteiger partial charge < -0.3 is 21.7 Å². The van der Waals surface area contributed by atoms with E-state index in [1.54, 1.807) is 7.11 Å². The number of methoxy groups -OCH3 is 1. The number of rotatable bonds is 4. The minimum Gasteiger partial charge on any atom is -1.00 e. The first-order valence-electron chi connectivity index (χ1n) is 4.33. The van der Waals surface area contributed by atoms with Crippen LogP contribution in [0, 0.1) is 0 Å². The van der Waals surface area contributed by atoms with Crippen molar-refractivity contribution in [1.82, 2.24) is 4.57 Å². The number of aryl methyl sites for hydroxylation is 1. The molecule has 0 amide bonds. The number of nitrogens with zero attached hydrogens (tertiary/aromatic N) is 2. The van der Waals surface area contributed by atoms with E-state index in [2.05, 4.69) is 11.5 Å². The van der Waals surface area contributed by atoms with Gasteiger partial charge in [0.15, 0.2) is 0 Å². The van der Waals surface area contributed by atoms with Gasteiger partial charge in [-0.15, -0.1) is 0 Å². The molecular formula is C9H17BrN2O. The van der Waals surface area contributed by atoms with Gasteiger partial charge in [-0.3, -0.25) is 0 Å². The lowest BCUT2D eigenvalue weighted by atomic mass is 10.3. The Morgan fingerprint density at radius 1 is 1.54 bits per heavy atom. The van der Waals surface area contributed by atoms with Crippen LogP contribution >= 0.6 is 0 Å². The molecule has 1 rings (SSSR count). The Bertz CT molecular complexity index is 237. The Morgan fingerprint density at radius 3 is 2.62 bits per heavy atom. The molecule has 1 heterocycles. The zero-order valence-electron chi connectivity index (χ0n) is 8.40. The van der Waals surface area contributed by atoms with E-state index < -0.39 is 0 Å². The lowest BCUT2D eigenvalue weighted by Crippen LogP contribution is -3.00. The maximum absolute atomic E-state index is 5.34.